The number of fused-ring (bicyclic) bond motifs is 5. The van der Waals surface area contributed by atoms with Crippen LogP contribution in [0.5, 0.6) is 0 Å². The molecule has 23 heavy (non-hydrogen) atoms. The van der Waals surface area contributed by atoms with Crippen molar-refractivity contribution in [1.29, 1.82) is 0 Å². The van der Waals surface area contributed by atoms with Crippen molar-refractivity contribution in [3.63, 3.8) is 0 Å². The third-order valence-electron chi connectivity index (χ3n) is 5.74. The Labute approximate surface area is 135 Å². The van der Waals surface area contributed by atoms with Crippen LogP contribution in [0.3, 0.4) is 0 Å². The van der Waals surface area contributed by atoms with E-state index >= 15 is 0 Å². The van der Waals surface area contributed by atoms with Gasteiger partial charge in [0.1, 0.15) is 6.54 Å². The largest absolute Gasteiger partial charge is 0.324 e. The maximum atomic E-state index is 12.6. The fraction of sp³-hybridized carbons (Fsp3) is 0.500. The van der Waals surface area contributed by atoms with Crippen LogP contribution < -0.4 is 5.32 Å². The van der Waals surface area contributed by atoms with Crippen LogP contribution in [0, 0.1) is 30.6 Å². The van der Waals surface area contributed by atoms with Crippen molar-refractivity contribution in [2.24, 2.45) is 23.7 Å². The van der Waals surface area contributed by atoms with E-state index in [1.807, 2.05) is 31.2 Å². The molecule has 5 heteroatoms. The van der Waals surface area contributed by atoms with Crippen molar-refractivity contribution in [3.05, 3.63) is 29.8 Å². The normalized spacial score (nSPS) is 31.6. The Balaban J connectivity index is 1.47. The molecule has 2 bridgehead atoms. The second-order valence-corrected chi connectivity index (χ2v) is 7.01. The van der Waals surface area contributed by atoms with Crippen LogP contribution in [-0.2, 0) is 14.4 Å². The molecule has 1 aliphatic heterocycles. The number of anilines is 1. The Morgan fingerprint density at radius 3 is 2.35 bits per heavy atom. The topological polar surface area (TPSA) is 66.5 Å². The minimum absolute atomic E-state index is 0.132. The molecule has 1 aromatic rings. The van der Waals surface area contributed by atoms with Gasteiger partial charge in [-0.2, -0.15) is 0 Å². The van der Waals surface area contributed by atoms with E-state index in [1.165, 1.54) is 4.90 Å². The van der Waals surface area contributed by atoms with Crippen molar-refractivity contribution in [1.82, 2.24) is 4.90 Å². The molecule has 0 aromatic heterocycles. The van der Waals surface area contributed by atoms with Gasteiger partial charge < -0.3 is 5.32 Å². The molecule has 1 heterocycles. The predicted octanol–water partition coefficient (Wildman–Crippen LogP) is 1.96. The van der Waals surface area contributed by atoms with Crippen LogP contribution in [0.1, 0.15) is 24.8 Å². The predicted molar refractivity (Wildman–Crippen MR) is 84.3 cm³/mol. The number of imide groups is 1. The summed E-state index contributed by atoms with van der Waals surface area (Å²) in [7, 11) is 0. The van der Waals surface area contributed by atoms with Crippen LogP contribution in [0.2, 0.25) is 0 Å². The summed E-state index contributed by atoms with van der Waals surface area (Å²) in [5.74, 6) is -0.190. The summed E-state index contributed by atoms with van der Waals surface area (Å²) in [6.45, 7) is 1.74. The van der Waals surface area contributed by atoms with Crippen molar-refractivity contribution >= 4 is 23.4 Å². The number of amides is 3. The summed E-state index contributed by atoms with van der Waals surface area (Å²) in [4.78, 5) is 38.6. The Morgan fingerprint density at radius 2 is 1.74 bits per heavy atom. The second-order valence-electron chi connectivity index (χ2n) is 7.01. The molecule has 0 unspecified atom stereocenters. The lowest BCUT2D eigenvalue weighted by atomic mass is 9.81. The fourth-order valence-electron chi connectivity index (χ4n) is 4.67. The van der Waals surface area contributed by atoms with E-state index in [0.29, 0.717) is 11.8 Å². The van der Waals surface area contributed by atoms with Crippen LogP contribution in [0.15, 0.2) is 24.3 Å². The number of carbonyl (C=O) groups is 3. The number of nitrogens with one attached hydrogen (secondary N) is 1. The van der Waals surface area contributed by atoms with Gasteiger partial charge in [0.05, 0.1) is 11.8 Å². The average Bonchev–Trinajstić information content (AvgIpc) is 3.19. The highest BCUT2D eigenvalue weighted by molar-refractivity contribution is 6.09. The second kappa shape index (κ2) is 5.18. The molecule has 1 N–H and O–H groups in total. The average molecular weight is 312 g/mol. The van der Waals surface area contributed by atoms with Gasteiger partial charge in [-0.1, -0.05) is 18.2 Å². The van der Waals surface area contributed by atoms with E-state index in [9.17, 15) is 14.4 Å². The van der Waals surface area contributed by atoms with Gasteiger partial charge in [-0.25, -0.2) is 0 Å². The van der Waals surface area contributed by atoms with Gasteiger partial charge in [0, 0.05) is 5.69 Å². The zero-order valence-corrected chi connectivity index (χ0v) is 13.1. The highest BCUT2D eigenvalue weighted by atomic mass is 16.2. The van der Waals surface area contributed by atoms with Crippen molar-refractivity contribution in [2.75, 3.05) is 11.9 Å². The van der Waals surface area contributed by atoms with Gasteiger partial charge in [-0.15, -0.1) is 0 Å². The summed E-state index contributed by atoms with van der Waals surface area (Å²) in [6.07, 6.45) is 3.11. The Hall–Kier alpha value is -2.17. The number of nitrogens with zero attached hydrogens (tertiary/aromatic N) is 1. The number of likely N-dealkylation sites (tertiary alicyclic amines) is 1. The minimum atomic E-state index is -0.312. The van der Waals surface area contributed by atoms with Gasteiger partial charge in [-0.3, -0.25) is 19.3 Å². The fourth-order valence-corrected chi connectivity index (χ4v) is 4.67. The van der Waals surface area contributed by atoms with Crippen LogP contribution in [0.4, 0.5) is 5.69 Å². The highest BCUT2D eigenvalue weighted by Gasteiger charge is 2.60. The molecular weight excluding hydrogens is 292 g/mol. The van der Waals surface area contributed by atoms with E-state index in [4.69, 9.17) is 0 Å². The standard InChI is InChI=1S/C18H20N2O3/c1-10-4-2-3-5-13(10)19-14(21)9-20-17(22)15-11-6-7-12(8-11)16(15)18(20)23/h2-5,11-12,15-16H,6-9H2,1H3,(H,19,21)/t11-,12-,15-,16+/m0/s1. The molecule has 3 fully saturated rings. The molecule has 2 aliphatic carbocycles. The number of para-hydroxylation sites is 1. The van der Waals surface area contributed by atoms with Gasteiger partial charge in [0.15, 0.2) is 0 Å². The van der Waals surface area contributed by atoms with E-state index in [-0.39, 0.29) is 36.1 Å². The molecule has 4 rings (SSSR count). The smallest absolute Gasteiger partial charge is 0.244 e. The SMILES string of the molecule is Cc1ccccc1NC(=O)CN1C(=O)[C@@H]2[C@H]3CC[C@@H](C3)[C@@H]2C1=O. The zero-order chi connectivity index (χ0) is 16.1. The van der Waals surface area contributed by atoms with Crippen molar-refractivity contribution in [3.8, 4) is 0 Å². The molecule has 1 saturated heterocycles. The van der Waals surface area contributed by atoms with E-state index in [1.54, 1.807) is 0 Å². The number of hydrogen-bond donors (Lipinski definition) is 1. The lowest BCUT2D eigenvalue weighted by Gasteiger charge is -2.19. The first-order valence-corrected chi connectivity index (χ1v) is 8.27. The third-order valence-corrected chi connectivity index (χ3v) is 5.74. The van der Waals surface area contributed by atoms with Gasteiger partial charge in [0.2, 0.25) is 17.7 Å². The molecule has 5 nitrogen and oxygen atoms in total. The molecule has 3 aliphatic rings. The third kappa shape index (κ3) is 2.18. The summed E-state index contributed by atoms with van der Waals surface area (Å²) in [6, 6.07) is 7.46. The first kappa shape index (κ1) is 14.4. The van der Waals surface area contributed by atoms with Crippen molar-refractivity contribution in [2.45, 2.75) is 26.2 Å². The van der Waals surface area contributed by atoms with Crippen molar-refractivity contribution < 1.29 is 14.4 Å². The van der Waals surface area contributed by atoms with E-state index < -0.39 is 0 Å². The Bertz CT molecular complexity index is 671. The molecule has 3 amide bonds. The summed E-state index contributed by atoms with van der Waals surface area (Å²) in [5.41, 5.74) is 1.67. The van der Waals surface area contributed by atoms with Crippen LogP contribution in [-0.4, -0.2) is 29.2 Å². The number of aryl methyl sites for hydroxylation is 1. The highest BCUT2D eigenvalue weighted by Crippen LogP contribution is 2.56. The maximum Gasteiger partial charge on any atom is 0.244 e. The molecule has 0 radical (unpaired) electrons. The van der Waals surface area contributed by atoms with Gasteiger partial charge >= 0.3 is 0 Å². The first-order chi connectivity index (χ1) is 11.1. The zero-order valence-electron chi connectivity index (χ0n) is 13.1. The molecule has 1 aromatic carbocycles. The summed E-state index contributed by atoms with van der Waals surface area (Å²) < 4.78 is 0. The lowest BCUT2D eigenvalue weighted by Crippen LogP contribution is -2.39. The molecule has 120 valence electrons. The van der Waals surface area contributed by atoms with Gasteiger partial charge in [0.25, 0.3) is 0 Å². The number of rotatable bonds is 3. The molecular formula is C18H20N2O3. The first-order valence-electron chi connectivity index (χ1n) is 8.27. The van der Waals surface area contributed by atoms with Gasteiger partial charge in [-0.05, 0) is 49.7 Å². The number of benzene rings is 1. The monoisotopic (exact) mass is 312 g/mol. The van der Waals surface area contributed by atoms with E-state index in [2.05, 4.69) is 5.32 Å². The molecule has 0 spiro atoms. The lowest BCUT2D eigenvalue weighted by molar-refractivity contribution is -0.143. The Morgan fingerprint density at radius 1 is 1.13 bits per heavy atom. The minimum Gasteiger partial charge on any atom is -0.324 e. The summed E-state index contributed by atoms with van der Waals surface area (Å²) >= 11 is 0. The molecule has 2 saturated carbocycles. The number of hydrogen-bond acceptors (Lipinski definition) is 3. The maximum absolute atomic E-state index is 12.6. The van der Waals surface area contributed by atoms with Crippen LogP contribution in [0.25, 0.3) is 0 Å². The van der Waals surface area contributed by atoms with Crippen LogP contribution >= 0.6 is 0 Å². The number of carbonyl (C=O) groups excluding carboxylic acids is 3. The Kier molecular flexibility index (Phi) is 3.25. The quantitative estimate of drug-likeness (QED) is 0.868. The van der Waals surface area contributed by atoms with E-state index in [0.717, 1.165) is 30.5 Å². The summed E-state index contributed by atoms with van der Waals surface area (Å²) in [5, 5.41) is 2.80. The molecule has 4 atom stereocenters.